The number of hydrogen-bond donors (Lipinski definition) is 9. The molecule has 0 radical (unpaired) electrons. The number of aliphatic carboxylic acids is 1. The van der Waals surface area contributed by atoms with Gasteiger partial charge in [0.1, 0.15) is 71.2 Å². The van der Waals surface area contributed by atoms with Gasteiger partial charge in [-0.3, -0.25) is 28.9 Å². The Bertz CT molecular complexity index is 4120. The molecule has 2 fully saturated rings. The summed E-state index contributed by atoms with van der Waals surface area (Å²) in [7, 11) is 7.25. The number of aromatic nitrogens is 6. The Morgan fingerprint density at radius 1 is 0.667 bits per heavy atom. The van der Waals surface area contributed by atoms with Crippen LogP contribution < -0.4 is 41.1 Å². The lowest BCUT2D eigenvalue weighted by Crippen LogP contribution is -2.46. The van der Waals surface area contributed by atoms with Crippen molar-refractivity contribution < 1.29 is 66.6 Å². The Labute approximate surface area is 543 Å². The van der Waals surface area contributed by atoms with E-state index in [1.54, 1.807) is 74.9 Å². The molecule has 0 bridgehead atoms. The number of hydrogen-bond acceptors (Lipinski definition) is 18. The van der Waals surface area contributed by atoms with Crippen molar-refractivity contribution in [3.63, 3.8) is 0 Å². The number of nitrogens with one attached hydrogen (secondary N) is 5. The number of aliphatic hydroxyl groups excluding tert-OH is 2. The molecule has 4 aliphatic heterocycles. The van der Waals surface area contributed by atoms with Gasteiger partial charge in [-0.1, -0.05) is 34.8 Å². The third-order valence-electron chi connectivity index (χ3n) is 15.8. The molecule has 8 heterocycles. The zero-order chi connectivity index (χ0) is 67.0. The van der Waals surface area contributed by atoms with Gasteiger partial charge in [0.05, 0.1) is 68.2 Å². The average Bonchev–Trinajstić information content (AvgIpc) is 1.60. The average molecular weight is 1350 g/mol. The molecule has 4 aromatic carbocycles. The van der Waals surface area contributed by atoms with Crippen LogP contribution in [0.3, 0.4) is 0 Å². The summed E-state index contributed by atoms with van der Waals surface area (Å²) in [6, 6.07) is 20.6. The first-order chi connectivity index (χ1) is 44.3. The number of methoxy groups -OCH3 is 2. The summed E-state index contributed by atoms with van der Waals surface area (Å²) < 4.78 is 52.8. The smallest absolute Gasteiger partial charge is 0.490 e. The van der Waals surface area contributed by atoms with Crippen molar-refractivity contribution in [3.05, 3.63) is 143 Å². The second kappa shape index (κ2) is 29.9. The topological polar surface area (TPSA) is 340 Å². The minimum atomic E-state index is -5.08. The fraction of sp³-hybridized carbons (Fsp3) is 0.355. The third kappa shape index (κ3) is 16.2. The number of aliphatic hydroxyl groups is 2. The highest BCUT2D eigenvalue weighted by Crippen LogP contribution is 2.36. The fourth-order valence-corrected chi connectivity index (χ4v) is 11.4. The van der Waals surface area contributed by atoms with Crippen molar-refractivity contribution in [1.29, 1.82) is 0 Å². The number of carboxylic acids is 1. The molecule has 0 unspecified atom stereocenters. The van der Waals surface area contributed by atoms with Crippen LogP contribution in [0, 0.1) is 0 Å². The number of aromatic amines is 4. The number of ether oxygens (including phenoxy) is 4. The molecule has 2 atom stereocenters. The van der Waals surface area contributed by atoms with E-state index in [2.05, 4.69) is 52.1 Å². The van der Waals surface area contributed by atoms with E-state index in [4.69, 9.17) is 69.4 Å². The minimum Gasteiger partial charge on any atom is -0.497 e. The number of nitrogens with zero attached hydrogens (tertiary/aromatic N) is 6. The summed E-state index contributed by atoms with van der Waals surface area (Å²) in [4.78, 5) is 102. The van der Waals surface area contributed by atoms with E-state index in [-0.39, 0.29) is 77.8 Å². The molecule has 0 aliphatic carbocycles. The molecular formula is C62H66Cl3F3N12O13. The van der Waals surface area contributed by atoms with Gasteiger partial charge in [-0.05, 0) is 132 Å². The molecule has 4 aromatic heterocycles. The van der Waals surface area contributed by atoms with E-state index in [0.717, 1.165) is 62.9 Å². The highest BCUT2D eigenvalue weighted by molar-refractivity contribution is 6.33. The van der Waals surface area contributed by atoms with Crippen molar-refractivity contribution in [2.45, 2.75) is 62.7 Å². The normalized spacial score (nSPS) is 15.9. The Kier molecular flexibility index (Phi) is 22.1. The van der Waals surface area contributed by atoms with Crippen LogP contribution in [0.2, 0.25) is 15.1 Å². The molecule has 12 rings (SSSR count). The number of H-pyrrole nitrogens is 4. The number of likely N-dealkylation sites (tertiary alicyclic amines) is 2. The van der Waals surface area contributed by atoms with Gasteiger partial charge >= 0.3 is 12.1 Å². The maximum atomic E-state index is 13.3. The molecule has 4 aliphatic rings. The number of alkyl halides is 3. The van der Waals surface area contributed by atoms with E-state index < -0.39 is 24.4 Å². The zero-order valence-electron chi connectivity index (χ0n) is 50.5. The monoisotopic (exact) mass is 1350 g/mol. The number of carbonyl (C=O) groups is 4. The number of anilines is 1. The maximum absolute atomic E-state index is 13.3. The molecule has 10 N–H and O–H groups in total. The van der Waals surface area contributed by atoms with Gasteiger partial charge in [0.15, 0.2) is 0 Å². The van der Waals surface area contributed by atoms with Gasteiger partial charge in [0.25, 0.3) is 28.8 Å². The predicted molar refractivity (Wildman–Crippen MR) is 341 cm³/mol. The van der Waals surface area contributed by atoms with Crippen LogP contribution in [0.4, 0.5) is 18.9 Å². The standard InChI is InChI=1S/C30H33ClN6O5.C20H18ClN5O3.C10H14ClNO3.C2HF3O2/c1-36-9-6-18(7-10-36)37-15-17-11-24-25(13-21(17)30(37)40)35-28(34-24)27-23(5-8-32-29(27)39)33-14-19(38)16-42-26-4-3-20(41-2)12-22(26)31;1-25-6-3-10(4-7-25)26-19(28)11-8-14-15(9-12(11)20(26)29)24-17(23-14)16-13(21)2-5-22-18(16)27;1-14-8-2-3-10(9(11)4-8)15-6-7(13)5-12;3-2(4,5)1(6)7/h3-5,8,11-13,18-19,38H,6-7,9-10,14-16H2,1-2H3,(H,34,35)(H2,32,33,39);2,5,8-10H,3-4,6-7H2,1H3,(H,22,27)(H,23,24);2-4,7,13H,5-6,12H2,1H3;(H,6,7)/t19-;;7-;/m1.1./s1. The summed E-state index contributed by atoms with van der Waals surface area (Å²) in [5.41, 5.74) is 10.3. The number of benzene rings is 4. The molecule has 31 heteroatoms. The second-order valence-electron chi connectivity index (χ2n) is 22.2. The van der Waals surface area contributed by atoms with Crippen LogP contribution in [0.1, 0.15) is 62.3 Å². The van der Waals surface area contributed by atoms with Crippen LogP contribution >= 0.6 is 34.8 Å². The molecule has 8 aromatic rings. The first-order valence-corrected chi connectivity index (χ1v) is 30.2. The number of nitrogens with two attached hydrogens (primary N) is 1. The van der Waals surface area contributed by atoms with Gasteiger partial charge in [-0.25, -0.2) is 14.8 Å². The summed E-state index contributed by atoms with van der Waals surface area (Å²) >= 11 is 18.3. The second-order valence-corrected chi connectivity index (χ2v) is 23.4. The van der Waals surface area contributed by atoms with Crippen LogP contribution in [0.25, 0.3) is 44.8 Å². The number of piperidine rings is 2. The van der Waals surface area contributed by atoms with Gasteiger partial charge in [-0.2, -0.15) is 13.2 Å². The van der Waals surface area contributed by atoms with Crippen molar-refractivity contribution in [3.8, 4) is 45.8 Å². The molecule has 93 heavy (non-hydrogen) atoms. The van der Waals surface area contributed by atoms with Gasteiger partial charge in [0, 0.05) is 61.8 Å². The highest BCUT2D eigenvalue weighted by atomic mass is 35.5. The number of amides is 3. The lowest BCUT2D eigenvalue weighted by Gasteiger charge is -2.34. The van der Waals surface area contributed by atoms with E-state index >= 15 is 0 Å². The van der Waals surface area contributed by atoms with Crippen molar-refractivity contribution in [2.75, 3.05) is 86.1 Å². The number of carbonyl (C=O) groups excluding carboxylic acids is 3. The largest absolute Gasteiger partial charge is 0.497 e. The summed E-state index contributed by atoms with van der Waals surface area (Å²) in [5.74, 6) is -0.406. The van der Waals surface area contributed by atoms with Crippen molar-refractivity contribution in [2.24, 2.45) is 5.73 Å². The number of fused-ring (bicyclic) bond motifs is 4. The van der Waals surface area contributed by atoms with E-state index in [1.807, 2.05) is 24.1 Å². The molecule has 0 spiro atoms. The molecular weight excluding hydrogens is 1280 g/mol. The Morgan fingerprint density at radius 2 is 1.15 bits per heavy atom. The van der Waals surface area contributed by atoms with E-state index in [0.29, 0.717) is 95.7 Å². The Balaban J connectivity index is 0.000000172. The summed E-state index contributed by atoms with van der Waals surface area (Å²) in [5, 5.41) is 31.1. The van der Waals surface area contributed by atoms with Crippen molar-refractivity contribution in [1.82, 2.24) is 49.5 Å². The first kappa shape index (κ1) is 68.6. The quantitative estimate of drug-likeness (QED) is 0.0425. The van der Waals surface area contributed by atoms with Gasteiger partial charge in [0.2, 0.25) is 0 Å². The van der Waals surface area contributed by atoms with Crippen LogP contribution in [0.15, 0.2) is 94.8 Å². The number of pyridine rings is 2. The molecule has 494 valence electrons. The Morgan fingerprint density at radius 3 is 1.67 bits per heavy atom. The fourth-order valence-electron chi connectivity index (χ4n) is 10.7. The number of imidazole rings is 2. The summed E-state index contributed by atoms with van der Waals surface area (Å²) in [6.07, 6.45) is -0.175. The van der Waals surface area contributed by atoms with Gasteiger partial charge < -0.3 is 80.0 Å². The molecule has 3 amide bonds. The van der Waals surface area contributed by atoms with Crippen molar-refractivity contribution >= 4 is 86.2 Å². The van der Waals surface area contributed by atoms with E-state index in [9.17, 15) is 47.4 Å². The Hall–Kier alpha value is -8.74. The lowest BCUT2D eigenvalue weighted by molar-refractivity contribution is -0.192. The SMILES string of the molecule is CN1CCC(N2C(=O)c3cc4nc(-c5c(Cl)cc[nH]c5=O)[nH]c4cc3C2=O)CC1.COc1ccc(OC[C@H](O)CN)c(Cl)c1.COc1ccc(OC[C@H](O)CNc2cc[nH]c(=O)c2-c2nc3cc4c(cc3[nH]2)CN(C2CCN(C)CC2)C4=O)c(Cl)c1.O=C(O)C(F)(F)F. The predicted octanol–water partition coefficient (Wildman–Crippen LogP) is 7.42. The lowest BCUT2D eigenvalue weighted by atomic mass is 10.0. The molecule has 0 saturated carbocycles. The highest BCUT2D eigenvalue weighted by Gasteiger charge is 2.42. The van der Waals surface area contributed by atoms with Crippen LogP contribution in [-0.4, -0.2) is 200 Å². The van der Waals surface area contributed by atoms with Crippen LogP contribution in [0.5, 0.6) is 23.0 Å². The molecule has 25 nitrogen and oxygen atoms in total. The molecule has 2 saturated heterocycles. The van der Waals surface area contributed by atoms with Crippen LogP contribution in [-0.2, 0) is 11.3 Å². The number of halogens is 6. The minimum absolute atomic E-state index is 0.0175. The first-order valence-electron chi connectivity index (χ1n) is 29.1. The van der Waals surface area contributed by atoms with Gasteiger partial charge in [-0.15, -0.1) is 0 Å². The third-order valence-corrected chi connectivity index (χ3v) is 16.7. The zero-order valence-corrected chi connectivity index (χ0v) is 52.8. The number of rotatable bonds is 16. The number of imide groups is 1. The number of carboxylic acid groups (broad SMARTS) is 1. The summed E-state index contributed by atoms with van der Waals surface area (Å²) in [6.45, 7) is 4.64. The maximum Gasteiger partial charge on any atom is 0.490 e. The van der Waals surface area contributed by atoms with E-state index in [1.165, 1.54) is 17.3 Å².